The van der Waals surface area contributed by atoms with Crippen LogP contribution in [-0.4, -0.2) is 0 Å². The third kappa shape index (κ3) is 3.46. The molecular weight excluding hydrogens is 312 g/mol. The zero-order chi connectivity index (χ0) is 17.8. The molecule has 0 N–H and O–H groups in total. The SMILES string of the molecule is CCCCCCCCc1cccc2ccc3c4ccccc4cc3c2c1. The Kier molecular flexibility index (Phi) is 5.20. The Hall–Kier alpha value is -2.34. The van der Waals surface area contributed by atoms with E-state index in [1.165, 1.54) is 82.8 Å². The van der Waals surface area contributed by atoms with E-state index < -0.39 is 0 Å². The number of fused-ring (bicyclic) bond motifs is 5. The largest absolute Gasteiger partial charge is 0.0654 e. The highest BCUT2D eigenvalue weighted by molar-refractivity contribution is 6.20. The van der Waals surface area contributed by atoms with Gasteiger partial charge >= 0.3 is 0 Å². The first kappa shape index (κ1) is 17.1. The molecule has 0 heteroatoms. The van der Waals surface area contributed by atoms with Gasteiger partial charge in [-0.05, 0) is 56.8 Å². The predicted octanol–water partition coefficient (Wildman–Crippen LogP) is 8.05. The molecule has 26 heavy (non-hydrogen) atoms. The van der Waals surface area contributed by atoms with E-state index in [9.17, 15) is 0 Å². The molecule has 4 aromatic rings. The Labute approximate surface area is 156 Å². The molecule has 0 bridgehead atoms. The van der Waals surface area contributed by atoms with Crippen LogP contribution in [0.1, 0.15) is 51.0 Å². The highest BCUT2D eigenvalue weighted by Gasteiger charge is 2.06. The van der Waals surface area contributed by atoms with Crippen molar-refractivity contribution in [1.82, 2.24) is 0 Å². The van der Waals surface area contributed by atoms with Gasteiger partial charge in [0.25, 0.3) is 0 Å². The molecular formula is C26H28. The minimum absolute atomic E-state index is 1.19. The minimum atomic E-state index is 1.19. The summed E-state index contributed by atoms with van der Waals surface area (Å²) < 4.78 is 0. The van der Waals surface area contributed by atoms with Crippen molar-refractivity contribution in [2.45, 2.75) is 51.9 Å². The predicted molar refractivity (Wildman–Crippen MR) is 116 cm³/mol. The van der Waals surface area contributed by atoms with Crippen molar-refractivity contribution in [2.24, 2.45) is 0 Å². The fourth-order valence-corrected chi connectivity index (χ4v) is 4.15. The number of hydrogen-bond acceptors (Lipinski definition) is 0. The Bertz CT molecular complexity index is 1030. The first-order chi connectivity index (χ1) is 12.9. The first-order valence-electron chi connectivity index (χ1n) is 10.2. The third-order valence-corrected chi connectivity index (χ3v) is 5.61. The average molecular weight is 341 g/mol. The molecule has 0 spiro atoms. The molecule has 0 amide bonds. The van der Waals surface area contributed by atoms with Gasteiger partial charge in [-0.3, -0.25) is 0 Å². The molecule has 0 aromatic heterocycles. The van der Waals surface area contributed by atoms with E-state index in [2.05, 4.69) is 73.7 Å². The van der Waals surface area contributed by atoms with Gasteiger partial charge in [-0.25, -0.2) is 0 Å². The second-order valence-electron chi connectivity index (χ2n) is 7.52. The lowest BCUT2D eigenvalue weighted by Gasteiger charge is -2.02. The summed E-state index contributed by atoms with van der Waals surface area (Å²) in [4.78, 5) is 0. The van der Waals surface area contributed by atoms with Gasteiger partial charge in [0, 0.05) is 0 Å². The van der Waals surface area contributed by atoms with Gasteiger partial charge in [0.05, 0.1) is 0 Å². The molecule has 0 atom stereocenters. The average Bonchev–Trinajstić information content (AvgIpc) is 2.91. The Balaban J connectivity index is 1.67. The highest BCUT2D eigenvalue weighted by Crippen LogP contribution is 2.33. The van der Waals surface area contributed by atoms with Crippen LogP contribution in [-0.2, 0) is 6.42 Å². The number of unbranched alkanes of at least 4 members (excludes halogenated alkanes) is 5. The van der Waals surface area contributed by atoms with Crippen molar-refractivity contribution < 1.29 is 0 Å². The van der Waals surface area contributed by atoms with Gasteiger partial charge in [0.2, 0.25) is 0 Å². The molecule has 0 heterocycles. The van der Waals surface area contributed by atoms with Crippen LogP contribution in [0, 0.1) is 0 Å². The summed E-state index contributed by atoms with van der Waals surface area (Å²) in [7, 11) is 0. The maximum atomic E-state index is 2.43. The Morgan fingerprint density at radius 2 is 1.35 bits per heavy atom. The maximum absolute atomic E-state index is 2.43. The quantitative estimate of drug-likeness (QED) is 0.298. The lowest BCUT2D eigenvalue weighted by atomic mass is 10.0. The first-order valence-corrected chi connectivity index (χ1v) is 10.2. The summed E-state index contributed by atoms with van der Waals surface area (Å²) in [5.74, 6) is 0. The van der Waals surface area contributed by atoms with Gasteiger partial charge in [-0.2, -0.15) is 0 Å². The zero-order valence-electron chi connectivity index (χ0n) is 15.8. The smallest absolute Gasteiger partial charge is 0.00929 e. The normalized spacial score (nSPS) is 11.6. The van der Waals surface area contributed by atoms with Crippen molar-refractivity contribution in [3.05, 3.63) is 72.3 Å². The molecule has 0 radical (unpaired) electrons. The van der Waals surface area contributed by atoms with Gasteiger partial charge in [0.1, 0.15) is 0 Å². The summed E-state index contributed by atoms with van der Waals surface area (Å²) >= 11 is 0. The Morgan fingerprint density at radius 3 is 2.27 bits per heavy atom. The van der Waals surface area contributed by atoms with Crippen LogP contribution in [0.2, 0.25) is 0 Å². The molecule has 4 rings (SSSR count). The fourth-order valence-electron chi connectivity index (χ4n) is 4.15. The van der Waals surface area contributed by atoms with Gasteiger partial charge in [-0.15, -0.1) is 0 Å². The number of benzene rings is 2. The van der Waals surface area contributed by atoms with Crippen LogP contribution < -0.4 is 0 Å². The lowest BCUT2D eigenvalue weighted by Crippen LogP contribution is -1.84. The standard InChI is InChI=1S/C26H28/c1-2-3-4-5-6-7-11-20-12-10-14-21-16-17-24-23-15-9-8-13-22(23)19-26(24)25(21)18-20/h8-10,12-19H,2-7,11H2,1H3. The molecule has 0 saturated carbocycles. The van der Waals surface area contributed by atoms with E-state index in [0.29, 0.717) is 0 Å². The molecule has 0 saturated heterocycles. The Morgan fingerprint density at radius 1 is 0.538 bits per heavy atom. The van der Waals surface area contributed by atoms with Gasteiger partial charge in [0.15, 0.2) is 0 Å². The summed E-state index contributed by atoms with van der Waals surface area (Å²) in [6, 6.07) is 24.9. The number of aryl methyl sites for hydroxylation is 1. The van der Waals surface area contributed by atoms with Crippen LogP contribution in [0.25, 0.3) is 32.3 Å². The highest BCUT2D eigenvalue weighted by atomic mass is 14.1. The van der Waals surface area contributed by atoms with E-state index >= 15 is 0 Å². The molecule has 0 aliphatic carbocycles. The molecule has 0 fully saturated rings. The van der Waals surface area contributed by atoms with E-state index in [1.807, 2.05) is 0 Å². The maximum Gasteiger partial charge on any atom is -0.00929 e. The van der Waals surface area contributed by atoms with Crippen molar-refractivity contribution in [2.75, 3.05) is 0 Å². The molecule has 0 nitrogen and oxygen atoms in total. The topological polar surface area (TPSA) is 0 Å². The summed E-state index contributed by atoms with van der Waals surface area (Å²) in [6.45, 7) is 2.28. The lowest BCUT2D eigenvalue weighted by molar-refractivity contribution is 0.607. The van der Waals surface area contributed by atoms with Crippen LogP contribution in [0.15, 0.2) is 66.7 Å². The second kappa shape index (κ2) is 7.91. The van der Waals surface area contributed by atoms with Crippen molar-refractivity contribution in [3.8, 4) is 0 Å². The van der Waals surface area contributed by atoms with Crippen LogP contribution in [0.5, 0.6) is 0 Å². The van der Waals surface area contributed by atoms with Gasteiger partial charge in [-0.1, -0.05) is 99.7 Å². The van der Waals surface area contributed by atoms with Gasteiger partial charge < -0.3 is 0 Å². The van der Waals surface area contributed by atoms with Crippen LogP contribution in [0.4, 0.5) is 0 Å². The van der Waals surface area contributed by atoms with E-state index in [0.717, 1.165) is 0 Å². The molecule has 4 aromatic carbocycles. The summed E-state index contributed by atoms with van der Waals surface area (Å²) in [6.07, 6.45) is 9.32. The molecule has 0 unspecified atom stereocenters. The molecule has 132 valence electrons. The van der Waals surface area contributed by atoms with Crippen molar-refractivity contribution >= 4 is 32.3 Å². The van der Waals surface area contributed by atoms with E-state index in [4.69, 9.17) is 0 Å². The summed E-state index contributed by atoms with van der Waals surface area (Å²) in [5, 5.41) is 8.22. The van der Waals surface area contributed by atoms with Crippen LogP contribution in [0.3, 0.4) is 0 Å². The summed E-state index contributed by atoms with van der Waals surface area (Å²) in [5.41, 5.74) is 1.47. The zero-order valence-corrected chi connectivity index (χ0v) is 15.8. The van der Waals surface area contributed by atoms with E-state index in [1.54, 1.807) is 0 Å². The monoisotopic (exact) mass is 340 g/mol. The van der Waals surface area contributed by atoms with Crippen LogP contribution >= 0.6 is 0 Å². The van der Waals surface area contributed by atoms with E-state index in [-0.39, 0.29) is 0 Å². The fraction of sp³-hybridized carbons (Fsp3) is 0.308. The number of hydrogen-bond donors (Lipinski definition) is 0. The molecule has 0 aliphatic rings. The number of rotatable bonds is 7. The third-order valence-electron chi connectivity index (χ3n) is 5.61. The second-order valence-corrected chi connectivity index (χ2v) is 7.52. The minimum Gasteiger partial charge on any atom is -0.0654 e. The van der Waals surface area contributed by atoms with Crippen molar-refractivity contribution in [1.29, 1.82) is 0 Å². The van der Waals surface area contributed by atoms with Crippen molar-refractivity contribution in [3.63, 3.8) is 0 Å². The molecule has 0 aliphatic heterocycles.